The molecule has 0 bridgehead atoms. The molecule has 0 saturated heterocycles. The lowest BCUT2D eigenvalue weighted by molar-refractivity contribution is 0.219. The summed E-state index contributed by atoms with van der Waals surface area (Å²) >= 11 is 0. The summed E-state index contributed by atoms with van der Waals surface area (Å²) in [6, 6.07) is 11.0. The molecule has 2 N–H and O–H groups in total. The van der Waals surface area contributed by atoms with Gasteiger partial charge in [-0.05, 0) is 25.1 Å². The van der Waals surface area contributed by atoms with Crippen LogP contribution >= 0.6 is 0 Å². The van der Waals surface area contributed by atoms with Crippen LogP contribution in [-0.2, 0) is 0 Å². The van der Waals surface area contributed by atoms with Gasteiger partial charge in [0, 0.05) is 20.1 Å². The third kappa shape index (κ3) is 5.76. The third-order valence-corrected chi connectivity index (χ3v) is 3.67. The molecule has 1 aromatic rings. The molecule has 0 radical (unpaired) electrons. The van der Waals surface area contributed by atoms with Crippen molar-refractivity contribution >= 4 is 5.96 Å². The van der Waals surface area contributed by atoms with Crippen LogP contribution in [0.2, 0.25) is 0 Å². The Kier molecular flexibility index (Phi) is 8.51. The van der Waals surface area contributed by atoms with Crippen molar-refractivity contribution in [2.75, 3.05) is 33.2 Å². The second kappa shape index (κ2) is 10.2. The van der Waals surface area contributed by atoms with E-state index in [1.165, 1.54) is 5.56 Å². The van der Waals surface area contributed by atoms with E-state index < -0.39 is 0 Å². The van der Waals surface area contributed by atoms with Gasteiger partial charge in [0.05, 0.1) is 6.04 Å². The van der Waals surface area contributed by atoms with Crippen LogP contribution in [0.1, 0.15) is 38.8 Å². The molecule has 0 heterocycles. The van der Waals surface area contributed by atoms with E-state index in [0.717, 1.165) is 38.6 Å². The number of guanidine groups is 1. The highest BCUT2D eigenvalue weighted by atomic mass is 15.2. The predicted molar refractivity (Wildman–Crippen MR) is 91.8 cm³/mol. The van der Waals surface area contributed by atoms with Crippen LogP contribution in [0.5, 0.6) is 0 Å². The fourth-order valence-electron chi connectivity index (χ4n) is 2.45. The molecule has 4 nitrogen and oxygen atoms in total. The molecule has 0 aromatic heterocycles. The number of nitrogens with one attached hydrogen (secondary N) is 2. The molecular formula is C17H30N4. The minimum absolute atomic E-state index is 0.362. The van der Waals surface area contributed by atoms with Gasteiger partial charge < -0.3 is 10.6 Å². The number of hydrogen-bond acceptors (Lipinski definition) is 2. The van der Waals surface area contributed by atoms with Crippen LogP contribution < -0.4 is 10.6 Å². The maximum Gasteiger partial charge on any atom is 0.191 e. The van der Waals surface area contributed by atoms with Crippen molar-refractivity contribution in [1.29, 1.82) is 0 Å². The molecule has 0 fully saturated rings. The molecule has 0 amide bonds. The first-order chi connectivity index (χ1) is 10.3. The van der Waals surface area contributed by atoms with Gasteiger partial charge in [-0.15, -0.1) is 0 Å². The number of aliphatic imine (C=N–C) groups is 1. The summed E-state index contributed by atoms with van der Waals surface area (Å²) in [5, 5.41) is 6.77. The van der Waals surface area contributed by atoms with Gasteiger partial charge in [0.25, 0.3) is 0 Å². The Morgan fingerprint density at radius 2 is 1.76 bits per heavy atom. The lowest BCUT2D eigenvalue weighted by Gasteiger charge is -2.30. The Hall–Kier alpha value is -1.55. The van der Waals surface area contributed by atoms with E-state index >= 15 is 0 Å². The van der Waals surface area contributed by atoms with Crippen molar-refractivity contribution < 1.29 is 0 Å². The van der Waals surface area contributed by atoms with Crippen molar-refractivity contribution in [2.24, 2.45) is 4.99 Å². The molecule has 1 aromatic carbocycles. The Labute approximate surface area is 129 Å². The van der Waals surface area contributed by atoms with E-state index in [9.17, 15) is 0 Å². The molecule has 0 aliphatic carbocycles. The first kappa shape index (κ1) is 17.5. The van der Waals surface area contributed by atoms with E-state index in [0.29, 0.717) is 6.04 Å². The molecule has 1 rings (SSSR count). The summed E-state index contributed by atoms with van der Waals surface area (Å²) in [4.78, 5) is 6.75. The number of nitrogens with zero attached hydrogens (tertiary/aromatic N) is 2. The highest BCUT2D eigenvalue weighted by Gasteiger charge is 2.17. The highest BCUT2D eigenvalue weighted by Crippen LogP contribution is 2.19. The van der Waals surface area contributed by atoms with E-state index in [-0.39, 0.29) is 0 Å². The molecule has 1 unspecified atom stereocenters. The van der Waals surface area contributed by atoms with Crippen LogP contribution in [0.3, 0.4) is 0 Å². The van der Waals surface area contributed by atoms with Crippen LogP contribution in [0.4, 0.5) is 0 Å². The SMILES string of the molecule is CCCNC(=NC)NCC(c1ccccc1)N(CC)CC. The number of rotatable bonds is 8. The zero-order chi connectivity index (χ0) is 15.5. The second-order valence-electron chi connectivity index (χ2n) is 5.03. The summed E-state index contributed by atoms with van der Waals surface area (Å²) in [7, 11) is 1.82. The molecule has 0 spiro atoms. The van der Waals surface area contributed by atoms with Crippen molar-refractivity contribution in [3.05, 3.63) is 35.9 Å². The zero-order valence-electron chi connectivity index (χ0n) is 13.9. The maximum absolute atomic E-state index is 4.28. The number of likely N-dealkylation sites (N-methyl/N-ethyl adjacent to an activating group) is 1. The first-order valence-electron chi connectivity index (χ1n) is 8.00. The summed E-state index contributed by atoms with van der Waals surface area (Å²) in [6.45, 7) is 10.5. The van der Waals surface area contributed by atoms with Gasteiger partial charge in [0.15, 0.2) is 5.96 Å². The standard InChI is InChI=1S/C17H30N4/c1-5-13-19-17(18-4)20-14-16(21(6-2)7-3)15-11-9-8-10-12-15/h8-12,16H,5-7,13-14H2,1-4H3,(H2,18,19,20). The van der Waals surface area contributed by atoms with Crippen molar-refractivity contribution in [2.45, 2.75) is 33.2 Å². The van der Waals surface area contributed by atoms with Crippen LogP contribution in [-0.4, -0.2) is 44.1 Å². The van der Waals surface area contributed by atoms with Gasteiger partial charge in [-0.1, -0.05) is 51.1 Å². The molecule has 0 aliphatic rings. The van der Waals surface area contributed by atoms with Crippen molar-refractivity contribution in [3.8, 4) is 0 Å². The molecular weight excluding hydrogens is 260 g/mol. The second-order valence-corrected chi connectivity index (χ2v) is 5.03. The molecule has 21 heavy (non-hydrogen) atoms. The monoisotopic (exact) mass is 290 g/mol. The maximum atomic E-state index is 4.28. The Morgan fingerprint density at radius 3 is 2.29 bits per heavy atom. The van der Waals surface area contributed by atoms with Crippen molar-refractivity contribution in [1.82, 2.24) is 15.5 Å². The summed E-state index contributed by atoms with van der Waals surface area (Å²) < 4.78 is 0. The lowest BCUT2D eigenvalue weighted by Crippen LogP contribution is -2.43. The highest BCUT2D eigenvalue weighted by molar-refractivity contribution is 5.79. The number of benzene rings is 1. The Bertz CT molecular complexity index is 399. The molecule has 4 heteroatoms. The lowest BCUT2D eigenvalue weighted by atomic mass is 10.1. The van der Waals surface area contributed by atoms with E-state index in [1.807, 2.05) is 7.05 Å². The molecule has 118 valence electrons. The average molecular weight is 290 g/mol. The largest absolute Gasteiger partial charge is 0.356 e. The molecule has 0 saturated carbocycles. The summed E-state index contributed by atoms with van der Waals surface area (Å²) in [6.07, 6.45) is 1.10. The predicted octanol–water partition coefficient (Wildman–Crippen LogP) is 2.64. The minimum Gasteiger partial charge on any atom is -0.356 e. The molecule has 0 aliphatic heterocycles. The molecule has 1 atom stereocenters. The van der Waals surface area contributed by atoms with Gasteiger partial charge >= 0.3 is 0 Å². The van der Waals surface area contributed by atoms with E-state index in [1.54, 1.807) is 0 Å². The topological polar surface area (TPSA) is 39.7 Å². The fourth-order valence-corrected chi connectivity index (χ4v) is 2.45. The normalized spacial score (nSPS) is 13.3. The summed E-state index contributed by atoms with van der Waals surface area (Å²) in [5.74, 6) is 0.880. The van der Waals surface area contributed by atoms with E-state index in [4.69, 9.17) is 0 Å². The minimum atomic E-state index is 0.362. The van der Waals surface area contributed by atoms with E-state index in [2.05, 4.69) is 71.6 Å². The average Bonchev–Trinajstić information content (AvgIpc) is 2.54. The quantitative estimate of drug-likeness (QED) is 0.571. The summed E-state index contributed by atoms with van der Waals surface area (Å²) in [5.41, 5.74) is 1.35. The van der Waals surface area contributed by atoms with Gasteiger partial charge in [-0.2, -0.15) is 0 Å². The van der Waals surface area contributed by atoms with Crippen LogP contribution in [0.25, 0.3) is 0 Å². The first-order valence-corrected chi connectivity index (χ1v) is 8.00. The Morgan fingerprint density at radius 1 is 1.10 bits per heavy atom. The number of hydrogen-bond donors (Lipinski definition) is 2. The van der Waals surface area contributed by atoms with Gasteiger partial charge in [0.1, 0.15) is 0 Å². The fraction of sp³-hybridized carbons (Fsp3) is 0.588. The van der Waals surface area contributed by atoms with Gasteiger partial charge in [-0.3, -0.25) is 9.89 Å². The smallest absolute Gasteiger partial charge is 0.191 e. The zero-order valence-corrected chi connectivity index (χ0v) is 13.9. The Balaban J connectivity index is 2.74. The van der Waals surface area contributed by atoms with Gasteiger partial charge in [0.2, 0.25) is 0 Å². The van der Waals surface area contributed by atoms with Gasteiger partial charge in [-0.25, -0.2) is 0 Å². The van der Waals surface area contributed by atoms with Crippen LogP contribution in [0.15, 0.2) is 35.3 Å². The van der Waals surface area contributed by atoms with Crippen LogP contribution in [0, 0.1) is 0 Å². The third-order valence-electron chi connectivity index (χ3n) is 3.67. The van der Waals surface area contributed by atoms with Crippen molar-refractivity contribution in [3.63, 3.8) is 0 Å².